The number of hydrogen-bond acceptors (Lipinski definition) is 4. The highest BCUT2D eigenvalue weighted by Crippen LogP contribution is 2.33. The van der Waals surface area contributed by atoms with Crippen LogP contribution >= 0.6 is 27.3 Å². The average Bonchev–Trinajstić information content (AvgIpc) is 3.17. The van der Waals surface area contributed by atoms with Gasteiger partial charge in [0.15, 0.2) is 0 Å². The van der Waals surface area contributed by atoms with E-state index in [2.05, 4.69) is 26.6 Å². The van der Waals surface area contributed by atoms with Crippen LogP contribution in [0.3, 0.4) is 0 Å². The maximum absolute atomic E-state index is 12.8. The Bertz CT molecular complexity index is 824. The van der Waals surface area contributed by atoms with Gasteiger partial charge in [-0.25, -0.2) is 4.79 Å². The van der Waals surface area contributed by atoms with E-state index in [1.807, 2.05) is 23.6 Å². The molecule has 130 valence electrons. The lowest BCUT2D eigenvalue weighted by Crippen LogP contribution is -2.43. The van der Waals surface area contributed by atoms with E-state index >= 15 is 0 Å². The topological polar surface area (TPSA) is 78.5 Å². The van der Waals surface area contributed by atoms with Gasteiger partial charge in [-0.15, -0.1) is 11.3 Å². The number of urea groups is 1. The lowest BCUT2D eigenvalue weighted by atomic mass is 9.92. The summed E-state index contributed by atoms with van der Waals surface area (Å²) >= 11 is 4.93. The Kier molecular flexibility index (Phi) is 4.91. The first-order chi connectivity index (χ1) is 11.9. The molecule has 0 unspecified atom stereocenters. The van der Waals surface area contributed by atoms with Gasteiger partial charge in [0.1, 0.15) is 12.1 Å². The summed E-state index contributed by atoms with van der Waals surface area (Å²) in [7, 11) is 0. The largest absolute Gasteiger partial charge is 0.350 e. The molecule has 0 bridgehead atoms. The molecule has 1 aromatic heterocycles. The number of nitrogens with zero attached hydrogens (tertiary/aromatic N) is 1. The van der Waals surface area contributed by atoms with Crippen molar-refractivity contribution in [2.45, 2.75) is 19.0 Å². The zero-order valence-corrected chi connectivity index (χ0v) is 15.8. The Balaban J connectivity index is 1.71. The SMILES string of the molecule is C[C@@]1(c2ccccc2Br)NC(=O)N(CC(=O)NCc2cccs2)C1=O. The molecule has 2 heterocycles. The minimum atomic E-state index is -1.20. The normalized spacial score (nSPS) is 19.8. The Labute approximate surface area is 157 Å². The second-order valence-electron chi connectivity index (χ2n) is 5.78. The third kappa shape index (κ3) is 3.45. The molecule has 0 aliphatic carbocycles. The number of halogens is 1. The maximum Gasteiger partial charge on any atom is 0.325 e. The van der Waals surface area contributed by atoms with Gasteiger partial charge < -0.3 is 10.6 Å². The molecule has 0 spiro atoms. The minimum Gasteiger partial charge on any atom is -0.350 e. The highest BCUT2D eigenvalue weighted by Gasteiger charge is 2.50. The highest BCUT2D eigenvalue weighted by atomic mass is 79.9. The number of benzene rings is 1. The van der Waals surface area contributed by atoms with E-state index in [4.69, 9.17) is 0 Å². The average molecular weight is 422 g/mol. The number of thiophene rings is 1. The van der Waals surface area contributed by atoms with Crippen LogP contribution < -0.4 is 10.6 Å². The van der Waals surface area contributed by atoms with Gasteiger partial charge >= 0.3 is 6.03 Å². The Morgan fingerprint density at radius 1 is 1.28 bits per heavy atom. The monoisotopic (exact) mass is 421 g/mol. The van der Waals surface area contributed by atoms with Crippen LogP contribution in [0.15, 0.2) is 46.3 Å². The lowest BCUT2D eigenvalue weighted by molar-refractivity contribution is -0.134. The molecule has 1 aromatic carbocycles. The van der Waals surface area contributed by atoms with Gasteiger partial charge in [0, 0.05) is 14.9 Å². The number of nitrogens with one attached hydrogen (secondary N) is 2. The summed E-state index contributed by atoms with van der Waals surface area (Å²) in [4.78, 5) is 39.1. The molecule has 0 saturated carbocycles. The van der Waals surface area contributed by atoms with Gasteiger partial charge in [-0.3, -0.25) is 14.5 Å². The summed E-state index contributed by atoms with van der Waals surface area (Å²) in [5, 5.41) is 7.33. The van der Waals surface area contributed by atoms with E-state index in [1.54, 1.807) is 25.1 Å². The predicted octanol–water partition coefficient (Wildman–Crippen LogP) is 2.59. The number of carbonyl (C=O) groups excluding carboxylic acids is 3. The molecule has 2 aromatic rings. The van der Waals surface area contributed by atoms with Crippen LogP contribution in [-0.2, 0) is 21.7 Å². The van der Waals surface area contributed by atoms with Gasteiger partial charge in [-0.2, -0.15) is 0 Å². The summed E-state index contributed by atoms with van der Waals surface area (Å²) in [5.41, 5.74) is -0.555. The van der Waals surface area contributed by atoms with Crippen molar-refractivity contribution in [2.24, 2.45) is 0 Å². The first-order valence-corrected chi connectivity index (χ1v) is 9.27. The molecule has 25 heavy (non-hydrogen) atoms. The fourth-order valence-corrected chi connectivity index (χ4v) is 4.01. The van der Waals surface area contributed by atoms with Crippen LogP contribution in [-0.4, -0.2) is 29.3 Å². The number of rotatable bonds is 5. The second kappa shape index (κ2) is 6.97. The van der Waals surface area contributed by atoms with Crippen molar-refractivity contribution in [2.75, 3.05) is 6.54 Å². The quantitative estimate of drug-likeness (QED) is 0.728. The van der Waals surface area contributed by atoms with Gasteiger partial charge in [-0.05, 0) is 24.4 Å². The molecule has 1 aliphatic heterocycles. The Hall–Kier alpha value is -2.19. The van der Waals surface area contributed by atoms with Crippen LogP contribution in [0.1, 0.15) is 17.4 Å². The lowest BCUT2D eigenvalue weighted by Gasteiger charge is -2.23. The molecule has 2 N–H and O–H groups in total. The van der Waals surface area contributed by atoms with Gasteiger partial charge in [0.05, 0.1) is 6.54 Å². The van der Waals surface area contributed by atoms with Crippen molar-refractivity contribution in [3.63, 3.8) is 0 Å². The van der Waals surface area contributed by atoms with Gasteiger partial charge in [0.25, 0.3) is 5.91 Å². The van der Waals surface area contributed by atoms with Crippen molar-refractivity contribution >= 4 is 45.1 Å². The summed E-state index contributed by atoms with van der Waals surface area (Å²) in [6.07, 6.45) is 0. The number of imide groups is 1. The standard InChI is InChI=1S/C17H16BrN3O3S/c1-17(12-6-2-3-7-13(12)18)15(23)21(16(24)20-17)10-14(22)19-9-11-5-4-8-25-11/h2-8H,9-10H2,1H3,(H,19,22)(H,20,24)/t17-/m0/s1. The third-order valence-electron chi connectivity index (χ3n) is 4.03. The van der Waals surface area contributed by atoms with E-state index in [9.17, 15) is 14.4 Å². The first kappa shape index (κ1) is 17.6. The van der Waals surface area contributed by atoms with Crippen molar-refractivity contribution < 1.29 is 14.4 Å². The zero-order valence-electron chi connectivity index (χ0n) is 13.4. The molecule has 3 rings (SSSR count). The number of amides is 4. The zero-order chi connectivity index (χ0) is 18.0. The molecule has 1 fully saturated rings. The van der Waals surface area contributed by atoms with E-state index in [0.29, 0.717) is 12.1 Å². The maximum atomic E-state index is 12.8. The molecular formula is C17H16BrN3O3S. The fraction of sp³-hybridized carbons (Fsp3) is 0.235. The molecular weight excluding hydrogens is 406 g/mol. The molecule has 1 atom stereocenters. The molecule has 8 heteroatoms. The van der Waals surface area contributed by atoms with Crippen LogP contribution in [0, 0.1) is 0 Å². The van der Waals surface area contributed by atoms with Crippen LogP contribution in [0.5, 0.6) is 0 Å². The van der Waals surface area contributed by atoms with Crippen molar-refractivity contribution in [1.82, 2.24) is 15.5 Å². The third-order valence-corrected chi connectivity index (χ3v) is 5.60. The molecule has 1 saturated heterocycles. The van der Waals surface area contributed by atoms with Crippen molar-refractivity contribution in [3.05, 3.63) is 56.7 Å². The van der Waals surface area contributed by atoms with Gasteiger partial charge in [-0.1, -0.05) is 40.2 Å². The Morgan fingerprint density at radius 3 is 2.72 bits per heavy atom. The van der Waals surface area contributed by atoms with Gasteiger partial charge in [0.2, 0.25) is 5.91 Å². The van der Waals surface area contributed by atoms with Crippen LogP contribution in [0.2, 0.25) is 0 Å². The van der Waals surface area contributed by atoms with Crippen LogP contribution in [0.4, 0.5) is 4.79 Å². The van der Waals surface area contributed by atoms with E-state index < -0.39 is 17.5 Å². The molecule has 1 aliphatic rings. The number of hydrogen-bond donors (Lipinski definition) is 2. The second-order valence-corrected chi connectivity index (χ2v) is 7.67. The highest BCUT2D eigenvalue weighted by molar-refractivity contribution is 9.10. The van der Waals surface area contributed by atoms with Crippen molar-refractivity contribution in [1.29, 1.82) is 0 Å². The summed E-state index contributed by atoms with van der Waals surface area (Å²) in [5.74, 6) is -0.830. The minimum absolute atomic E-state index is 0.309. The summed E-state index contributed by atoms with van der Waals surface area (Å²) in [6, 6.07) is 10.4. The fourth-order valence-electron chi connectivity index (χ4n) is 2.69. The Morgan fingerprint density at radius 2 is 2.04 bits per heavy atom. The predicted molar refractivity (Wildman–Crippen MR) is 97.9 cm³/mol. The molecule has 0 radical (unpaired) electrons. The first-order valence-electron chi connectivity index (χ1n) is 7.60. The van der Waals surface area contributed by atoms with E-state index in [-0.39, 0.29) is 12.5 Å². The van der Waals surface area contributed by atoms with E-state index in [0.717, 1.165) is 14.2 Å². The number of carbonyl (C=O) groups is 3. The van der Waals surface area contributed by atoms with Crippen LogP contribution in [0.25, 0.3) is 0 Å². The van der Waals surface area contributed by atoms with Crippen molar-refractivity contribution in [3.8, 4) is 0 Å². The smallest absolute Gasteiger partial charge is 0.325 e. The summed E-state index contributed by atoms with van der Waals surface area (Å²) in [6.45, 7) is 1.70. The molecule has 4 amide bonds. The molecule has 6 nitrogen and oxygen atoms in total. The van der Waals surface area contributed by atoms with E-state index in [1.165, 1.54) is 11.3 Å². The summed E-state index contributed by atoms with van der Waals surface area (Å²) < 4.78 is 0.718.